The predicted molar refractivity (Wildman–Crippen MR) is 43.3 cm³/mol. The number of likely N-dealkylation sites (tertiary alicyclic amines) is 1. The fraction of sp³-hybridized carbons (Fsp3) is 0.875. The Morgan fingerprint density at radius 2 is 2.00 bits per heavy atom. The van der Waals surface area contributed by atoms with Gasteiger partial charge in [-0.3, -0.25) is 4.90 Å². The van der Waals surface area contributed by atoms with Crippen molar-refractivity contribution in [2.45, 2.75) is 31.6 Å². The van der Waals surface area contributed by atoms with Gasteiger partial charge in [-0.25, -0.2) is 0 Å². The van der Waals surface area contributed by atoms with Gasteiger partial charge in [0.1, 0.15) is 0 Å². The Bertz CT molecular complexity index is 180. The Balaban J connectivity index is 2.51. The molecule has 1 saturated heterocycles. The van der Waals surface area contributed by atoms with Crippen LogP contribution in [0.5, 0.6) is 0 Å². The van der Waals surface area contributed by atoms with E-state index in [1.807, 2.05) is 11.8 Å². The van der Waals surface area contributed by atoms with E-state index in [-0.39, 0.29) is 6.04 Å². The molecule has 1 fully saturated rings. The molecule has 1 unspecified atom stereocenters. The smallest absolute Gasteiger partial charge is 0.0977 e. The minimum absolute atomic E-state index is 0.170. The fourth-order valence-electron chi connectivity index (χ4n) is 1.48. The lowest BCUT2D eigenvalue weighted by molar-refractivity contribution is 0.0572. The van der Waals surface area contributed by atoms with Crippen LogP contribution in [-0.2, 0) is 0 Å². The normalized spacial score (nSPS) is 33.2. The lowest BCUT2D eigenvalue weighted by atomic mass is 10.2. The topological polar surface area (TPSA) is 67.5 Å². The molecule has 0 aliphatic carbocycles. The standard InChI is InChI=1S/C8H14N2O2/c1-2-6(3-9)10-4-7(11)8(12)5-10/h6-8,11-12H,2,4-5H2,1H3/t6?,7-,8+. The summed E-state index contributed by atoms with van der Waals surface area (Å²) < 4.78 is 0. The fourth-order valence-corrected chi connectivity index (χ4v) is 1.48. The molecule has 1 aliphatic rings. The second-order valence-electron chi connectivity index (χ2n) is 3.14. The van der Waals surface area contributed by atoms with Crippen molar-refractivity contribution >= 4 is 0 Å². The number of hydrogen-bond acceptors (Lipinski definition) is 4. The summed E-state index contributed by atoms with van der Waals surface area (Å²) in [6.45, 7) is 2.74. The summed E-state index contributed by atoms with van der Waals surface area (Å²) in [5.74, 6) is 0. The van der Waals surface area contributed by atoms with Crippen LogP contribution in [0.4, 0.5) is 0 Å². The first-order valence-electron chi connectivity index (χ1n) is 4.18. The average Bonchev–Trinajstić information content (AvgIpc) is 2.35. The summed E-state index contributed by atoms with van der Waals surface area (Å²) in [5, 5.41) is 27.1. The van der Waals surface area contributed by atoms with E-state index in [1.165, 1.54) is 0 Å². The van der Waals surface area contributed by atoms with Crippen LogP contribution < -0.4 is 0 Å². The highest BCUT2D eigenvalue weighted by Crippen LogP contribution is 2.14. The molecular weight excluding hydrogens is 156 g/mol. The second kappa shape index (κ2) is 3.85. The van der Waals surface area contributed by atoms with Crippen molar-refractivity contribution in [3.05, 3.63) is 0 Å². The van der Waals surface area contributed by atoms with Crippen LogP contribution in [-0.4, -0.2) is 46.5 Å². The second-order valence-corrected chi connectivity index (χ2v) is 3.14. The molecule has 1 heterocycles. The molecule has 0 spiro atoms. The van der Waals surface area contributed by atoms with Crippen molar-refractivity contribution in [1.29, 1.82) is 5.26 Å². The minimum atomic E-state index is -0.688. The summed E-state index contributed by atoms with van der Waals surface area (Å²) in [4.78, 5) is 1.81. The van der Waals surface area contributed by atoms with Gasteiger partial charge >= 0.3 is 0 Å². The highest BCUT2D eigenvalue weighted by atomic mass is 16.3. The van der Waals surface area contributed by atoms with Crippen molar-refractivity contribution < 1.29 is 10.2 Å². The zero-order valence-electron chi connectivity index (χ0n) is 7.14. The van der Waals surface area contributed by atoms with Crippen molar-refractivity contribution in [3.8, 4) is 6.07 Å². The Morgan fingerprint density at radius 1 is 1.50 bits per heavy atom. The van der Waals surface area contributed by atoms with Gasteiger partial charge in [-0.05, 0) is 6.42 Å². The average molecular weight is 170 g/mol. The van der Waals surface area contributed by atoms with E-state index in [1.54, 1.807) is 0 Å². The number of β-amino-alcohol motifs (C(OH)–C–C–N with tert-alkyl or cyclic N) is 2. The number of hydrogen-bond donors (Lipinski definition) is 2. The third-order valence-corrected chi connectivity index (χ3v) is 2.26. The van der Waals surface area contributed by atoms with Crippen molar-refractivity contribution in [2.24, 2.45) is 0 Å². The van der Waals surface area contributed by atoms with Crippen LogP contribution in [0.15, 0.2) is 0 Å². The first-order chi connectivity index (χ1) is 5.69. The molecular formula is C8H14N2O2. The molecule has 1 rings (SSSR count). The quantitative estimate of drug-likeness (QED) is 0.576. The van der Waals surface area contributed by atoms with Gasteiger partial charge in [-0.2, -0.15) is 5.26 Å². The van der Waals surface area contributed by atoms with Crippen LogP contribution in [0.1, 0.15) is 13.3 Å². The lowest BCUT2D eigenvalue weighted by Crippen LogP contribution is -2.32. The zero-order valence-corrected chi connectivity index (χ0v) is 7.14. The highest BCUT2D eigenvalue weighted by Gasteiger charge is 2.32. The summed E-state index contributed by atoms with van der Waals surface area (Å²) in [7, 11) is 0. The largest absolute Gasteiger partial charge is 0.389 e. The van der Waals surface area contributed by atoms with E-state index >= 15 is 0 Å². The number of aliphatic hydroxyl groups excluding tert-OH is 2. The highest BCUT2D eigenvalue weighted by molar-refractivity contribution is 4.96. The molecule has 0 saturated carbocycles. The first-order valence-corrected chi connectivity index (χ1v) is 4.18. The maximum Gasteiger partial charge on any atom is 0.0977 e. The number of nitriles is 1. The zero-order chi connectivity index (χ0) is 9.14. The molecule has 4 heteroatoms. The van der Waals surface area contributed by atoms with Gasteiger partial charge in [0, 0.05) is 13.1 Å². The predicted octanol–water partition coefficient (Wildman–Crippen LogP) is -0.674. The molecule has 0 aromatic rings. The molecule has 0 radical (unpaired) electrons. The Hall–Kier alpha value is -0.630. The Kier molecular flexibility index (Phi) is 3.04. The van der Waals surface area contributed by atoms with Crippen LogP contribution in [0.3, 0.4) is 0 Å². The molecule has 12 heavy (non-hydrogen) atoms. The summed E-state index contributed by atoms with van der Waals surface area (Å²) in [6.07, 6.45) is -0.643. The molecule has 0 bridgehead atoms. The van der Waals surface area contributed by atoms with Gasteiger partial charge in [0.25, 0.3) is 0 Å². The molecule has 0 aromatic heterocycles. The van der Waals surface area contributed by atoms with Crippen LogP contribution in [0.2, 0.25) is 0 Å². The maximum atomic E-state index is 9.21. The molecule has 3 atom stereocenters. The van der Waals surface area contributed by atoms with Crippen molar-refractivity contribution in [2.75, 3.05) is 13.1 Å². The molecule has 0 aromatic carbocycles. The van der Waals surface area contributed by atoms with Crippen molar-refractivity contribution in [3.63, 3.8) is 0 Å². The minimum Gasteiger partial charge on any atom is -0.389 e. The monoisotopic (exact) mass is 170 g/mol. The van der Waals surface area contributed by atoms with Crippen molar-refractivity contribution in [1.82, 2.24) is 4.90 Å². The lowest BCUT2D eigenvalue weighted by Gasteiger charge is -2.19. The van der Waals surface area contributed by atoms with E-state index in [2.05, 4.69) is 6.07 Å². The SMILES string of the molecule is CCC(C#N)N1C[C@@H](O)[C@@H](O)C1. The van der Waals surface area contributed by atoms with Crippen LogP contribution in [0, 0.1) is 11.3 Å². The number of nitrogens with zero attached hydrogens (tertiary/aromatic N) is 2. The third-order valence-electron chi connectivity index (χ3n) is 2.26. The van der Waals surface area contributed by atoms with Gasteiger partial charge < -0.3 is 10.2 Å². The van der Waals surface area contributed by atoms with Crippen LogP contribution in [0.25, 0.3) is 0 Å². The van der Waals surface area contributed by atoms with Gasteiger partial charge in [0.15, 0.2) is 0 Å². The van der Waals surface area contributed by atoms with Gasteiger partial charge in [0.05, 0.1) is 24.3 Å². The summed E-state index contributed by atoms with van der Waals surface area (Å²) in [5.41, 5.74) is 0. The van der Waals surface area contributed by atoms with Gasteiger partial charge in [0.2, 0.25) is 0 Å². The molecule has 68 valence electrons. The van der Waals surface area contributed by atoms with E-state index in [4.69, 9.17) is 5.26 Å². The van der Waals surface area contributed by atoms with E-state index < -0.39 is 12.2 Å². The first kappa shape index (κ1) is 9.46. The maximum absolute atomic E-state index is 9.21. The number of rotatable bonds is 2. The summed E-state index contributed by atoms with van der Waals surface area (Å²) in [6, 6.07) is 1.97. The molecule has 2 N–H and O–H groups in total. The van der Waals surface area contributed by atoms with E-state index in [0.29, 0.717) is 13.1 Å². The summed E-state index contributed by atoms with van der Waals surface area (Å²) >= 11 is 0. The van der Waals surface area contributed by atoms with E-state index in [0.717, 1.165) is 6.42 Å². The molecule has 0 amide bonds. The Morgan fingerprint density at radius 3 is 2.33 bits per heavy atom. The van der Waals surface area contributed by atoms with Gasteiger partial charge in [-0.1, -0.05) is 6.92 Å². The Labute approximate surface area is 72.0 Å². The van der Waals surface area contributed by atoms with Crippen LogP contribution >= 0.6 is 0 Å². The number of aliphatic hydroxyl groups is 2. The van der Waals surface area contributed by atoms with Gasteiger partial charge in [-0.15, -0.1) is 0 Å². The third kappa shape index (κ3) is 1.75. The van der Waals surface area contributed by atoms with E-state index in [9.17, 15) is 10.2 Å². The molecule has 1 aliphatic heterocycles. The molecule has 4 nitrogen and oxygen atoms in total.